The maximum Gasteiger partial charge on any atom is 0.163 e. The Balaban J connectivity index is 2.94. The summed E-state index contributed by atoms with van der Waals surface area (Å²) in [5.74, 6) is 1.42. The Morgan fingerprint density at radius 1 is 1.44 bits per heavy atom. The van der Waals surface area contributed by atoms with Gasteiger partial charge in [0.25, 0.3) is 0 Å². The normalized spacial score (nSPS) is 12.2. The monoisotopic (exact) mass is 225 g/mol. The molecule has 0 spiro atoms. The zero-order valence-electron chi connectivity index (χ0n) is 9.77. The van der Waals surface area contributed by atoms with E-state index in [0.717, 1.165) is 5.56 Å². The summed E-state index contributed by atoms with van der Waals surface area (Å²) in [5.41, 5.74) is 6.66. The van der Waals surface area contributed by atoms with E-state index in [0.29, 0.717) is 24.5 Å². The molecule has 0 aromatic heterocycles. The molecule has 90 valence electrons. The molecule has 4 heteroatoms. The van der Waals surface area contributed by atoms with Crippen molar-refractivity contribution in [2.45, 2.75) is 19.4 Å². The second kappa shape index (κ2) is 6.35. The van der Waals surface area contributed by atoms with Crippen LogP contribution in [-0.2, 0) is 6.42 Å². The van der Waals surface area contributed by atoms with Crippen LogP contribution in [0.5, 0.6) is 11.5 Å². The molecule has 0 saturated carbocycles. The molecule has 0 radical (unpaired) electrons. The zero-order chi connectivity index (χ0) is 12.0. The number of hydrogen-bond donors (Lipinski definition) is 2. The molecule has 4 nitrogen and oxygen atoms in total. The lowest BCUT2D eigenvalue weighted by atomic mass is 10.1. The number of hydrogen-bond acceptors (Lipinski definition) is 4. The first-order chi connectivity index (χ1) is 7.72. The van der Waals surface area contributed by atoms with Crippen LogP contribution in [0.25, 0.3) is 0 Å². The fourth-order valence-corrected chi connectivity index (χ4v) is 1.57. The van der Waals surface area contributed by atoms with Gasteiger partial charge in [0.05, 0.1) is 20.3 Å². The molecule has 0 amide bonds. The van der Waals surface area contributed by atoms with Crippen LogP contribution < -0.4 is 15.2 Å². The number of ether oxygens (including phenoxy) is 2. The van der Waals surface area contributed by atoms with Crippen molar-refractivity contribution >= 4 is 0 Å². The summed E-state index contributed by atoms with van der Waals surface area (Å²) in [4.78, 5) is 0. The summed E-state index contributed by atoms with van der Waals surface area (Å²) in [6.07, 6.45) is 0.570. The highest BCUT2D eigenvalue weighted by Gasteiger charge is 2.12. The lowest BCUT2D eigenvalue weighted by molar-refractivity contribution is 0.263. The number of aliphatic hydroxyl groups is 1. The molecule has 0 saturated heterocycles. The average Bonchev–Trinajstić information content (AvgIpc) is 2.29. The quantitative estimate of drug-likeness (QED) is 0.756. The molecular formula is C12H19NO3. The zero-order valence-corrected chi connectivity index (χ0v) is 9.77. The van der Waals surface area contributed by atoms with Crippen molar-refractivity contribution in [3.05, 3.63) is 23.8 Å². The van der Waals surface area contributed by atoms with E-state index in [1.54, 1.807) is 7.11 Å². The molecule has 0 bridgehead atoms. The third-order valence-corrected chi connectivity index (χ3v) is 2.28. The van der Waals surface area contributed by atoms with Gasteiger partial charge in [-0.3, -0.25) is 0 Å². The van der Waals surface area contributed by atoms with E-state index in [2.05, 4.69) is 0 Å². The summed E-state index contributed by atoms with van der Waals surface area (Å²) < 4.78 is 10.8. The van der Waals surface area contributed by atoms with Gasteiger partial charge in [-0.05, 0) is 25.0 Å². The summed E-state index contributed by atoms with van der Waals surface area (Å²) in [5, 5.41) is 8.94. The third-order valence-electron chi connectivity index (χ3n) is 2.28. The predicted octanol–water partition coefficient (Wildman–Crippen LogP) is 0.956. The van der Waals surface area contributed by atoms with Gasteiger partial charge in [0.2, 0.25) is 0 Å². The number of para-hydroxylation sites is 1. The van der Waals surface area contributed by atoms with Gasteiger partial charge in [0.1, 0.15) is 0 Å². The second-order valence-electron chi connectivity index (χ2n) is 3.53. The van der Waals surface area contributed by atoms with Gasteiger partial charge >= 0.3 is 0 Å². The fourth-order valence-electron chi connectivity index (χ4n) is 1.57. The topological polar surface area (TPSA) is 64.7 Å². The van der Waals surface area contributed by atoms with E-state index >= 15 is 0 Å². The molecule has 3 N–H and O–H groups in total. The highest BCUT2D eigenvalue weighted by atomic mass is 16.5. The fraction of sp³-hybridized carbons (Fsp3) is 0.500. The molecule has 1 unspecified atom stereocenters. The van der Waals surface area contributed by atoms with E-state index in [4.69, 9.17) is 20.3 Å². The smallest absolute Gasteiger partial charge is 0.163 e. The van der Waals surface area contributed by atoms with Crippen LogP contribution in [0.1, 0.15) is 12.5 Å². The van der Waals surface area contributed by atoms with Crippen molar-refractivity contribution < 1.29 is 14.6 Å². The van der Waals surface area contributed by atoms with Crippen molar-refractivity contribution in [2.24, 2.45) is 5.73 Å². The Morgan fingerprint density at radius 2 is 2.19 bits per heavy atom. The van der Waals surface area contributed by atoms with Crippen molar-refractivity contribution in [2.75, 3.05) is 20.3 Å². The number of benzene rings is 1. The molecule has 0 aliphatic rings. The molecular weight excluding hydrogens is 206 g/mol. The van der Waals surface area contributed by atoms with Crippen LogP contribution in [0.3, 0.4) is 0 Å². The first kappa shape index (κ1) is 12.8. The van der Waals surface area contributed by atoms with Gasteiger partial charge in [-0.2, -0.15) is 0 Å². The maximum atomic E-state index is 8.94. The Bertz CT molecular complexity index is 328. The molecule has 1 aromatic rings. The molecule has 1 rings (SSSR count). The average molecular weight is 225 g/mol. The maximum absolute atomic E-state index is 8.94. The standard InChI is InChI=1S/C12H19NO3/c1-3-16-11-6-4-5-9(12(11)15-2)7-10(13)8-14/h4-6,10,14H,3,7-8,13H2,1-2H3. The summed E-state index contributed by atoms with van der Waals surface area (Å²) in [6, 6.07) is 5.41. The number of methoxy groups -OCH3 is 1. The van der Waals surface area contributed by atoms with Gasteiger partial charge < -0.3 is 20.3 Å². The molecule has 0 heterocycles. The largest absolute Gasteiger partial charge is 0.493 e. The number of rotatable bonds is 6. The van der Waals surface area contributed by atoms with Gasteiger partial charge in [0.15, 0.2) is 11.5 Å². The van der Waals surface area contributed by atoms with E-state index in [1.165, 1.54) is 0 Å². The molecule has 0 aliphatic carbocycles. The lowest BCUT2D eigenvalue weighted by Gasteiger charge is -2.15. The Hall–Kier alpha value is -1.26. The van der Waals surface area contributed by atoms with Gasteiger partial charge in [-0.15, -0.1) is 0 Å². The van der Waals surface area contributed by atoms with E-state index in [9.17, 15) is 0 Å². The second-order valence-corrected chi connectivity index (χ2v) is 3.53. The van der Waals surface area contributed by atoms with Gasteiger partial charge in [0, 0.05) is 6.04 Å². The van der Waals surface area contributed by atoms with E-state index in [-0.39, 0.29) is 12.6 Å². The van der Waals surface area contributed by atoms with E-state index < -0.39 is 0 Å². The van der Waals surface area contributed by atoms with Crippen LogP contribution in [0.2, 0.25) is 0 Å². The van der Waals surface area contributed by atoms with Crippen LogP contribution >= 0.6 is 0 Å². The van der Waals surface area contributed by atoms with Crippen molar-refractivity contribution in [3.8, 4) is 11.5 Å². The molecule has 0 fully saturated rings. The molecule has 1 atom stereocenters. The highest BCUT2D eigenvalue weighted by Crippen LogP contribution is 2.31. The molecule has 1 aromatic carbocycles. The third kappa shape index (κ3) is 3.12. The van der Waals surface area contributed by atoms with E-state index in [1.807, 2.05) is 25.1 Å². The Morgan fingerprint density at radius 3 is 2.75 bits per heavy atom. The Labute approximate surface area is 96.0 Å². The first-order valence-corrected chi connectivity index (χ1v) is 5.38. The van der Waals surface area contributed by atoms with Gasteiger partial charge in [-0.25, -0.2) is 0 Å². The number of aliphatic hydroxyl groups excluding tert-OH is 1. The minimum atomic E-state index is -0.272. The highest BCUT2D eigenvalue weighted by molar-refractivity contribution is 5.47. The lowest BCUT2D eigenvalue weighted by Crippen LogP contribution is -2.27. The van der Waals surface area contributed by atoms with Crippen molar-refractivity contribution in [1.29, 1.82) is 0 Å². The SMILES string of the molecule is CCOc1cccc(CC(N)CO)c1OC. The molecule has 0 aliphatic heterocycles. The Kier molecular flexibility index (Phi) is 5.08. The minimum absolute atomic E-state index is 0.0397. The van der Waals surface area contributed by atoms with Gasteiger partial charge in [-0.1, -0.05) is 12.1 Å². The number of nitrogens with two attached hydrogens (primary N) is 1. The summed E-state index contributed by atoms with van der Waals surface area (Å²) in [7, 11) is 1.60. The van der Waals surface area contributed by atoms with Crippen LogP contribution in [0.15, 0.2) is 18.2 Å². The first-order valence-electron chi connectivity index (χ1n) is 5.38. The molecule has 16 heavy (non-hydrogen) atoms. The van der Waals surface area contributed by atoms with Crippen LogP contribution in [0, 0.1) is 0 Å². The summed E-state index contributed by atoms with van der Waals surface area (Å²) in [6.45, 7) is 2.47. The predicted molar refractivity (Wildman–Crippen MR) is 62.9 cm³/mol. The summed E-state index contributed by atoms with van der Waals surface area (Å²) >= 11 is 0. The van der Waals surface area contributed by atoms with Crippen LogP contribution in [-0.4, -0.2) is 31.5 Å². The van der Waals surface area contributed by atoms with Crippen LogP contribution in [0.4, 0.5) is 0 Å². The van der Waals surface area contributed by atoms with Crippen molar-refractivity contribution in [1.82, 2.24) is 0 Å². The minimum Gasteiger partial charge on any atom is -0.493 e. The van der Waals surface area contributed by atoms with Crippen molar-refractivity contribution in [3.63, 3.8) is 0 Å².